The molecule has 15 heavy (non-hydrogen) atoms. The fraction of sp³-hybridized carbons (Fsp3) is 0.417. The van der Waals surface area contributed by atoms with Gasteiger partial charge < -0.3 is 5.32 Å². The van der Waals surface area contributed by atoms with Crippen molar-refractivity contribution in [1.82, 2.24) is 10.3 Å². The molecule has 3 heteroatoms. The number of rotatable bonds is 4. The highest BCUT2D eigenvalue weighted by Crippen LogP contribution is 2.24. The molecular formula is C12H16N2S. The predicted octanol–water partition coefficient (Wildman–Crippen LogP) is 3.36. The van der Waals surface area contributed by atoms with Crippen LogP contribution in [0.1, 0.15) is 31.4 Å². The van der Waals surface area contributed by atoms with Crippen LogP contribution in [0, 0.1) is 0 Å². The van der Waals surface area contributed by atoms with Gasteiger partial charge in [0.2, 0.25) is 0 Å². The molecule has 0 aliphatic carbocycles. The highest BCUT2D eigenvalue weighted by molar-refractivity contribution is 7.17. The topological polar surface area (TPSA) is 24.9 Å². The second kappa shape index (κ2) is 4.73. The lowest BCUT2D eigenvalue weighted by Gasteiger charge is -2.14. The van der Waals surface area contributed by atoms with Crippen molar-refractivity contribution in [2.24, 2.45) is 0 Å². The van der Waals surface area contributed by atoms with Crippen molar-refractivity contribution in [2.45, 2.75) is 25.8 Å². The van der Waals surface area contributed by atoms with E-state index < -0.39 is 0 Å². The van der Waals surface area contributed by atoms with Gasteiger partial charge in [0.1, 0.15) is 0 Å². The van der Waals surface area contributed by atoms with E-state index in [0.29, 0.717) is 6.04 Å². The van der Waals surface area contributed by atoms with Crippen LogP contribution in [-0.4, -0.2) is 12.0 Å². The first-order valence-electron chi connectivity index (χ1n) is 5.35. The molecule has 2 nitrogen and oxygen atoms in total. The maximum atomic E-state index is 4.46. The van der Waals surface area contributed by atoms with Crippen molar-refractivity contribution >= 4 is 21.6 Å². The average Bonchev–Trinajstić information content (AvgIpc) is 2.72. The first-order valence-corrected chi connectivity index (χ1v) is 6.23. The maximum Gasteiger partial charge on any atom is 0.0809 e. The third-order valence-electron chi connectivity index (χ3n) is 2.65. The fourth-order valence-corrected chi connectivity index (χ4v) is 2.61. The van der Waals surface area contributed by atoms with Crippen LogP contribution in [0.2, 0.25) is 0 Å². The molecule has 2 rings (SSSR count). The number of hydrogen-bond donors (Lipinski definition) is 1. The molecule has 0 saturated heterocycles. The molecule has 2 aromatic rings. The molecule has 0 fully saturated rings. The molecule has 80 valence electrons. The zero-order valence-electron chi connectivity index (χ0n) is 9.16. The summed E-state index contributed by atoms with van der Waals surface area (Å²) in [6, 6.07) is 4.76. The van der Waals surface area contributed by atoms with Crippen molar-refractivity contribution in [2.75, 3.05) is 7.05 Å². The number of fused-ring (bicyclic) bond motifs is 1. The molecule has 0 aliphatic heterocycles. The van der Waals surface area contributed by atoms with Gasteiger partial charge in [-0.25, -0.2) is 0 Å². The SMILES string of the molecule is CCCC(NC)c1cnc2ccsc2c1. The minimum Gasteiger partial charge on any atom is -0.313 e. The number of nitrogens with one attached hydrogen (secondary N) is 1. The first kappa shape index (κ1) is 10.6. The van der Waals surface area contributed by atoms with Crippen LogP contribution in [0.15, 0.2) is 23.7 Å². The molecule has 0 aliphatic rings. The minimum absolute atomic E-state index is 0.439. The Morgan fingerprint density at radius 2 is 2.40 bits per heavy atom. The fourth-order valence-electron chi connectivity index (χ4n) is 1.82. The molecule has 0 bridgehead atoms. The van der Waals surface area contributed by atoms with Crippen LogP contribution in [0.5, 0.6) is 0 Å². The summed E-state index contributed by atoms with van der Waals surface area (Å²) < 4.78 is 1.28. The lowest BCUT2D eigenvalue weighted by atomic mass is 10.0. The molecular weight excluding hydrogens is 204 g/mol. The molecule has 0 amide bonds. The average molecular weight is 220 g/mol. The van der Waals surface area contributed by atoms with Crippen LogP contribution >= 0.6 is 11.3 Å². The van der Waals surface area contributed by atoms with E-state index in [1.165, 1.54) is 16.7 Å². The van der Waals surface area contributed by atoms with E-state index in [1.54, 1.807) is 11.3 Å². The van der Waals surface area contributed by atoms with Gasteiger partial charge in [-0.2, -0.15) is 0 Å². The summed E-state index contributed by atoms with van der Waals surface area (Å²) >= 11 is 1.76. The number of aromatic nitrogens is 1. The van der Waals surface area contributed by atoms with Gasteiger partial charge in [0, 0.05) is 12.2 Å². The Morgan fingerprint density at radius 3 is 3.13 bits per heavy atom. The Morgan fingerprint density at radius 1 is 1.53 bits per heavy atom. The number of pyridine rings is 1. The monoisotopic (exact) mass is 220 g/mol. The molecule has 1 unspecified atom stereocenters. The van der Waals surface area contributed by atoms with Gasteiger partial charge >= 0.3 is 0 Å². The standard InChI is InChI=1S/C12H16N2S/c1-3-4-10(13-2)9-7-12-11(14-8-9)5-6-15-12/h5-8,10,13H,3-4H2,1-2H3. The second-order valence-corrected chi connectivity index (χ2v) is 4.65. The molecule has 0 aromatic carbocycles. The van der Waals surface area contributed by atoms with Crippen LogP contribution in [-0.2, 0) is 0 Å². The number of hydrogen-bond acceptors (Lipinski definition) is 3. The summed E-state index contributed by atoms with van der Waals surface area (Å²) in [6.45, 7) is 2.21. The van der Waals surface area contributed by atoms with Gasteiger partial charge in [-0.15, -0.1) is 11.3 Å². The molecule has 1 atom stereocenters. The van der Waals surface area contributed by atoms with Crippen molar-refractivity contribution in [3.8, 4) is 0 Å². The van der Waals surface area contributed by atoms with E-state index in [2.05, 4.69) is 34.7 Å². The predicted molar refractivity (Wildman–Crippen MR) is 66.3 cm³/mol. The van der Waals surface area contributed by atoms with E-state index in [4.69, 9.17) is 0 Å². The Hall–Kier alpha value is -0.930. The third kappa shape index (κ3) is 2.19. The van der Waals surface area contributed by atoms with Crippen molar-refractivity contribution in [3.63, 3.8) is 0 Å². The van der Waals surface area contributed by atoms with Crippen molar-refractivity contribution in [1.29, 1.82) is 0 Å². The van der Waals surface area contributed by atoms with E-state index in [-0.39, 0.29) is 0 Å². The highest BCUT2D eigenvalue weighted by Gasteiger charge is 2.09. The summed E-state index contributed by atoms with van der Waals surface area (Å²) in [5.74, 6) is 0. The first-order chi connectivity index (χ1) is 7.35. The summed E-state index contributed by atoms with van der Waals surface area (Å²) in [5, 5.41) is 5.43. The van der Waals surface area contributed by atoms with Crippen LogP contribution in [0.3, 0.4) is 0 Å². The van der Waals surface area contributed by atoms with Gasteiger partial charge in [-0.3, -0.25) is 4.98 Å². The highest BCUT2D eigenvalue weighted by atomic mass is 32.1. The van der Waals surface area contributed by atoms with E-state index in [9.17, 15) is 0 Å². The van der Waals surface area contributed by atoms with Gasteiger partial charge in [0.15, 0.2) is 0 Å². The lowest BCUT2D eigenvalue weighted by molar-refractivity contribution is 0.541. The summed E-state index contributed by atoms with van der Waals surface area (Å²) in [6.07, 6.45) is 4.34. The van der Waals surface area contributed by atoms with Crippen LogP contribution in [0.25, 0.3) is 10.2 Å². The maximum absolute atomic E-state index is 4.46. The smallest absolute Gasteiger partial charge is 0.0809 e. The number of nitrogens with zero attached hydrogens (tertiary/aromatic N) is 1. The van der Waals surface area contributed by atoms with E-state index in [1.807, 2.05) is 13.2 Å². The molecule has 1 N–H and O–H groups in total. The Labute approximate surface area is 94.3 Å². The molecule has 2 aromatic heterocycles. The summed E-state index contributed by atoms with van der Waals surface area (Å²) in [4.78, 5) is 4.46. The van der Waals surface area contributed by atoms with E-state index in [0.717, 1.165) is 11.9 Å². The van der Waals surface area contributed by atoms with Gasteiger partial charge in [-0.1, -0.05) is 13.3 Å². The molecule has 2 heterocycles. The summed E-state index contributed by atoms with van der Waals surface area (Å²) in [5.41, 5.74) is 2.41. The zero-order chi connectivity index (χ0) is 10.7. The van der Waals surface area contributed by atoms with Gasteiger partial charge in [0.05, 0.1) is 10.2 Å². The van der Waals surface area contributed by atoms with Crippen LogP contribution < -0.4 is 5.32 Å². The largest absolute Gasteiger partial charge is 0.313 e. The quantitative estimate of drug-likeness (QED) is 0.854. The van der Waals surface area contributed by atoms with Crippen molar-refractivity contribution in [3.05, 3.63) is 29.3 Å². The zero-order valence-corrected chi connectivity index (χ0v) is 9.97. The minimum atomic E-state index is 0.439. The lowest BCUT2D eigenvalue weighted by Crippen LogP contribution is -2.16. The van der Waals surface area contributed by atoms with Gasteiger partial charge in [-0.05, 0) is 36.5 Å². The molecule has 0 saturated carbocycles. The molecule has 0 spiro atoms. The summed E-state index contributed by atoms with van der Waals surface area (Å²) in [7, 11) is 2.01. The van der Waals surface area contributed by atoms with E-state index >= 15 is 0 Å². The van der Waals surface area contributed by atoms with Crippen LogP contribution in [0.4, 0.5) is 0 Å². The third-order valence-corrected chi connectivity index (χ3v) is 3.51. The Kier molecular flexibility index (Phi) is 3.34. The Balaban J connectivity index is 2.33. The Bertz CT molecular complexity index is 436. The van der Waals surface area contributed by atoms with Gasteiger partial charge in [0.25, 0.3) is 0 Å². The number of thiophene rings is 1. The second-order valence-electron chi connectivity index (χ2n) is 3.70. The molecule has 0 radical (unpaired) electrons. The van der Waals surface area contributed by atoms with Crippen molar-refractivity contribution < 1.29 is 0 Å². The normalized spacial score (nSPS) is 13.2.